The first-order valence-electron chi connectivity index (χ1n) is 10.2. The molecule has 144 valence electrons. The molecular weight excluding hydrogens is 326 g/mol. The van der Waals surface area contributed by atoms with Crippen LogP contribution in [-0.2, 0) is 4.74 Å². The number of anilines is 2. The van der Waals surface area contributed by atoms with Crippen LogP contribution in [0.1, 0.15) is 51.0 Å². The molecule has 1 aliphatic carbocycles. The maximum absolute atomic E-state index is 12.1. The minimum absolute atomic E-state index is 0.168. The molecule has 1 aromatic carbocycles. The Balaban J connectivity index is 1.39. The predicted octanol–water partition coefficient (Wildman–Crippen LogP) is 4.31. The van der Waals surface area contributed by atoms with Gasteiger partial charge in [0.1, 0.15) is 0 Å². The van der Waals surface area contributed by atoms with Gasteiger partial charge in [-0.2, -0.15) is 0 Å². The number of benzene rings is 1. The Kier molecular flexibility index (Phi) is 6.78. The van der Waals surface area contributed by atoms with Crippen LogP contribution in [0.4, 0.5) is 16.2 Å². The second-order valence-electron chi connectivity index (χ2n) is 7.75. The van der Waals surface area contributed by atoms with Crippen molar-refractivity contribution in [3.63, 3.8) is 0 Å². The molecule has 26 heavy (non-hydrogen) atoms. The zero-order valence-electron chi connectivity index (χ0n) is 16.2. The molecule has 0 aromatic heterocycles. The lowest BCUT2D eigenvalue weighted by Crippen LogP contribution is -2.34. The molecule has 0 spiro atoms. The zero-order chi connectivity index (χ0) is 18.4. The third-order valence-corrected chi connectivity index (χ3v) is 5.65. The highest BCUT2D eigenvalue weighted by Gasteiger charge is 2.21. The van der Waals surface area contributed by atoms with E-state index >= 15 is 0 Å². The highest BCUT2D eigenvalue weighted by Crippen LogP contribution is 2.27. The Morgan fingerprint density at radius 3 is 2.69 bits per heavy atom. The van der Waals surface area contributed by atoms with Crippen LogP contribution in [0, 0.1) is 12.8 Å². The van der Waals surface area contributed by atoms with Gasteiger partial charge >= 0.3 is 6.03 Å². The molecule has 2 fully saturated rings. The monoisotopic (exact) mass is 359 g/mol. The summed E-state index contributed by atoms with van der Waals surface area (Å²) < 4.78 is 5.94. The van der Waals surface area contributed by atoms with Crippen molar-refractivity contribution < 1.29 is 9.53 Å². The summed E-state index contributed by atoms with van der Waals surface area (Å²) in [7, 11) is 0. The summed E-state index contributed by atoms with van der Waals surface area (Å²) in [5.74, 6) is 0.634. The average molecular weight is 360 g/mol. The fourth-order valence-corrected chi connectivity index (χ4v) is 4.13. The molecule has 1 aromatic rings. The molecule has 5 nitrogen and oxygen atoms in total. The molecule has 2 atom stereocenters. The van der Waals surface area contributed by atoms with Crippen molar-refractivity contribution in [1.29, 1.82) is 0 Å². The molecule has 0 unspecified atom stereocenters. The first-order valence-corrected chi connectivity index (χ1v) is 10.2. The van der Waals surface area contributed by atoms with Crippen LogP contribution in [0.25, 0.3) is 0 Å². The van der Waals surface area contributed by atoms with Crippen LogP contribution in [0.2, 0.25) is 0 Å². The smallest absolute Gasteiger partial charge is 0.319 e. The number of hydrogen-bond acceptors (Lipinski definition) is 3. The Labute approximate surface area is 157 Å². The number of nitrogens with zero attached hydrogens (tertiary/aromatic N) is 1. The summed E-state index contributed by atoms with van der Waals surface area (Å²) in [5, 5.41) is 5.81. The van der Waals surface area contributed by atoms with Crippen LogP contribution in [0.3, 0.4) is 0 Å². The number of amides is 2. The first-order chi connectivity index (χ1) is 12.6. The van der Waals surface area contributed by atoms with Crippen molar-refractivity contribution in [3.8, 4) is 0 Å². The van der Waals surface area contributed by atoms with E-state index < -0.39 is 0 Å². The Morgan fingerprint density at radius 2 is 1.96 bits per heavy atom. The number of urea groups is 1. The molecule has 0 radical (unpaired) electrons. The highest BCUT2D eigenvalue weighted by molar-refractivity contribution is 5.89. The van der Waals surface area contributed by atoms with Crippen molar-refractivity contribution in [1.82, 2.24) is 5.32 Å². The molecule has 2 amide bonds. The van der Waals surface area contributed by atoms with Crippen LogP contribution < -0.4 is 15.5 Å². The Morgan fingerprint density at radius 1 is 1.19 bits per heavy atom. The third-order valence-electron chi connectivity index (χ3n) is 5.65. The number of rotatable bonds is 6. The number of hydrogen-bond donors (Lipinski definition) is 2. The van der Waals surface area contributed by atoms with Gasteiger partial charge in [-0.3, -0.25) is 0 Å². The van der Waals surface area contributed by atoms with Gasteiger partial charge in [-0.05, 0) is 62.3 Å². The summed E-state index contributed by atoms with van der Waals surface area (Å²) in [4.78, 5) is 14.5. The zero-order valence-corrected chi connectivity index (χ0v) is 16.2. The summed E-state index contributed by atoms with van der Waals surface area (Å²) in [5.41, 5.74) is 3.33. The number of aryl methyl sites for hydroxylation is 1. The van der Waals surface area contributed by atoms with Gasteiger partial charge in [0, 0.05) is 31.0 Å². The molecule has 1 saturated heterocycles. The van der Waals surface area contributed by atoms with E-state index in [-0.39, 0.29) is 6.03 Å². The van der Waals surface area contributed by atoms with Gasteiger partial charge in [0.15, 0.2) is 0 Å². The molecule has 1 aliphatic heterocycles. The SMILES string of the molecule is Cc1cc(NC(=O)NCCO[C@@H]2CCCC[C@@H]2C)ccc1N1CCCC1. The topological polar surface area (TPSA) is 53.6 Å². The van der Waals surface area contributed by atoms with Crippen LogP contribution in [0.5, 0.6) is 0 Å². The van der Waals surface area contributed by atoms with Gasteiger partial charge in [-0.15, -0.1) is 0 Å². The highest BCUT2D eigenvalue weighted by atomic mass is 16.5. The summed E-state index contributed by atoms with van der Waals surface area (Å²) >= 11 is 0. The second-order valence-corrected chi connectivity index (χ2v) is 7.75. The Bertz CT molecular complexity index is 599. The predicted molar refractivity (Wildman–Crippen MR) is 107 cm³/mol. The van der Waals surface area contributed by atoms with Crippen molar-refractivity contribution in [3.05, 3.63) is 23.8 Å². The summed E-state index contributed by atoms with van der Waals surface area (Å²) in [6.07, 6.45) is 7.87. The average Bonchev–Trinajstić information content (AvgIpc) is 3.14. The number of ether oxygens (including phenoxy) is 1. The molecule has 2 aliphatic rings. The maximum atomic E-state index is 12.1. The minimum Gasteiger partial charge on any atom is -0.376 e. The molecule has 5 heteroatoms. The normalized spacial score (nSPS) is 23.1. The molecule has 2 N–H and O–H groups in total. The molecule has 0 bridgehead atoms. The van der Waals surface area contributed by atoms with Gasteiger partial charge in [-0.25, -0.2) is 4.79 Å². The van der Waals surface area contributed by atoms with Crippen molar-refractivity contribution in [2.24, 2.45) is 5.92 Å². The van der Waals surface area contributed by atoms with E-state index in [9.17, 15) is 4.79 Å². The number of carbonyl (C=O) groups excluding carboxylic acids is 1. The molecular formula is C21H33N3O2. The molecule has 1 heterocycles. The minimum atomic E-state index is -0.168. The van der Waals surface area contributed by atoms with Gasteiger partial charge in [0.05, 0.1) is 12.7 Å². The lowest BCUT2D eigenvalue weighted by Gasteiger charge is -2.28. The van der Waals surface area contributed by atoms with Crippen molar-refractivity contribution in [2.75, 3.05) is 36.5 Å². The van der Waals surface area contributed by atoms with E-state index in [1.54, 1.807) is 0 Å². The summed E-state index contributed by atoms with van der Waals surface area (Å²) in [6.45, 7) is 7.75. The second kappa shape index (κ2) is 9.26. The fourth-order valence-electron chi connectivity index (χ4n) is 4.13. The van der Waals surface area contributed by atoms with Crippen molar-refractivity contribution >= 4 is 17.4 Å². The first kappa shape index (κ1) is 19.0. The van der Waals surface area contributed by atoms with Crippen LogP contribution in [-0.4, -0.2) is 38.4 Å². The lowest BCUT2D eigenvalue weighted by atomic mass is 9.88. The standard InChI is InChI=1S/C21H33N3O2/c1-16-7-3-4-8-20(16)26-14-11-22-21(25)23-18-9-10-19(17(2)15-18)24-12-5-6-13-24/h9-10,15-16,20H,3-8,11-14H2,1-2H3,(H2,22,23,25)/t16-,20+/m0/s1. The number of nitrogens with one attached hydrogen (secondary N) is 2. The van der Waals surface area contributed by atoms with Gasteiger partial charge < -0.3 is 20.3 Å². The van der Waals surface area contributed by atoms with Crippen molar-refractivity contribution in [2.45, 2.75) is 58.5 Å². The van der Waals surface area contributed by atoms with E-state index in [1.165, 1.54) is 43.4 Å². The fraction of sp³-hybridized carbons (Fsp3) is 0.667. The van der Waals surface area contributed by atoms with E-state index in [2.05, 4.69) is 35.4 Å². The van der Waals surface area contributed by atoms with Gasteiger partial charge in [0.2, 0.25) is 0 Å². The Hall–Kier alpha value is -1.75. The maximum Gasteiger partial charge on any atom is 0.319 e. The largest absolute Gasteiger partial charge is 0.376 e. The van der Waals surface area contributed by atoms with Crippen LogP contribution >= 0.6 is 0 Å². The van der Waals surface area contributed by atoms with Crippen LogP contribution in [0.15, 0.2) is 18.2 Å². The van der Waals surface area contributed by atoms with E-state index in [0.29, 0.717) is 25.2 Å². The van der Waals surface area contributed by atoms with Gasteiger partial charge in [0.25, 0.3) is 0 Å². The van der Waals surface area contributed by atoms with E-state index in [1.807, 2.05) is 12.1 Å². The van der Waals surface area contributed by atoms with Gasteiger partial charge in [-0.1, -0.05) is 19.8 Å². The quantitative estimate of drug-likeness (QED) is 0.744. The lowest BCUT2D eigenvalue weighted by molar-refractivity contribution is -0.00232. The van der Waals surface area contributed by atoms with E-state index in [4.69, 9.17) is 4.74 Å². The van der Waals surface area contributed by atoms with E-state index in [0.717, 1.165) is 25.2 Å². The molecule has 1 saturated carbocycles. The number of carbonyl (C=O) groups is 1. The third kappa shape index (κ3) is 5.13. The summed E-state index contributed by atoms with van der Waals surface area (Å²) in [6, 6.07) is 5.98. The molecule has 3 rings (SSSR count).